The Bertz CT molecular complexity index is 228. The summed E-state index contributed by atoms with van der Waals surface area (Å²) >= 11 is 0. The molecule has 90 valence electrons. The van der Waals surface area contributed by atoms with E-state index >= 15 is 0 Å². The van der Waals surface area contributed by atoms with Crippen molar-refractivity contribution in [2.45, 2.75) is 64.5 Å². The smallest absolute Gasteiger partial charge is 0.192 e. The van der Waals surface area contributed by atoms with Crippen molar-refractivity contribution >= 4 is 8.32 Å². The maximum atomic E-state index is 13.6. The Hall–Kier alpha value is -0.153. The van der Waals surface area contributed by atoms with E-state index in [1.165, 1.54) is 6.08 Å². The van der Waals surface area contributed by atoms with Crippen LogP contribution >= 0.6 is 0 Å². The molecule has 1 nitrogen and oxygen atoms in total. The molecule has 15 heavy (non-hydrogen) atoms. The van der Waals surface area contributed by atoms with Gasteiger partial charge >= 0.3 is 0 Å². The van der Waals surface area contributed by atoms with Gasteiger partial charge in [-0.15, -0.1) is 6.58 Å². The van der Waals surface area contributed by atoms with Crippen LogP contribution in [0.2, 0.25) is 18.1 Å². The van der Waals surface area contributed by atoms with Crippen molar-refractivity contribution in [2.75, 3.05) is 0 Å². The van der Waals surface area contributed by atoms with Gasteiger partial charge in [-0.3, -0.25) is 0 Å². The maximum absolute atomic E-state index is 13.6. The van der Waals surface area contributed by atoms with Crippen LogP contribution in [0.3, 0.4) is 0 Å². The Morgan fingerprint density at radius 1 is 1.20 bits per heavy atom. The van der Waals surface area contributed by atoms with Gasteiger partial charge < -0.3 is 4.43 Å². The fourth-order valence-corrected chi connectivity index (χ4v) is 2.88. The highest BCUT2D eigenvalue weighted by Crippen LogP contribution is 2.40. The average molecular weight is 232 g/mol. The van der Waals surface area contributed by atoms with Gasteiger partial charge in [-0.2, -0.15) is 0 Å². The second kappa shape index (κ2) is 4.38. The van der Waals surface area contributed by atoms with Crippen LogP contribution in [0.1, 0.15) is 34.6 Å². The van der Waals surface area contributed by atoms with Crippen LogP contribution < -0.4 is 0 Å². The minimum atomic E-state index is -1.91. The minimum Gasteiger partial charge on any atom is -0.409 e. The van der Waals surface area contributed by atoms with Gasteiger partial charge in [-0.1, -0.05) is 26.8 Å². The van der Waals surface area contributed by atoms with E-state index in [2.05, 4.69) is 40.4 Å². The molecule has 0 fully saturated rings. The van der Waals surface area contributed by atoms with Gasteiger partial charge in [0.15, 0.2) is 8.32 Å². The fraction of sp³-hybridized carbons (Fsp3) is 0.833. The predicted octanol–water partition coefficient (Wildman–Crippen LogP) is 4.31. The van der Waals surface area contributed by atoms with Crippen molar-refractivity contribution in [3.8, 4) is 0 Å². The van der Waals surface area contributed by atoms with Crippen LogP contribution in [0.25, 0.3) is 0 Å². The molecule has 0 N–H and O–H groups in total. The second-order valence-electron chi connectivity index (χ2n) is 6.10. The lowest BCUT2D eigenvalue weighted by Crippen LogP contribution is -2.50. The topological polar surface area (TPSA) is 9.23 Å². The molecule has 0 aromatic heterocycles. The standard InChI is InChI=1S/C12H25FOSi/c1-9-10(13)12(5,6)14-15(7,8)11(2,3)4/h9-10H,1H2,2-8H3. The van der Waals surface area contributed by atoms with E-state index in [1.807, 2.05) is 0 Å². The summed E-state index contributed by atoms with van der Waals surface area (Å²) in [5.41, 5.74) is -0.773. The largest absolute Gasteiger partial charge is 0.409 e. The summed E-state index contributed by atoms with van der Waals surface area (Å²) in [6.07, 6.45) is 0.194. The summed E-state index contributed by atoms with van der Waals surface area (Å²) in [4.78, 5) is 0. The van der Waals surface area contributed by atoms with Crippen LogP contribution in [-0.4, -0.2) is 20.1 Å². The third kappa shape index (κ3) is 3.72. The highest BCUT2D eigenvalue weighted by atomic mass is 28.4. The van der Waals surface area contributed by atoms with Crippen molar-refractivity contribution in [3.63, 3.8) is 0 Å². The molecule has 0 rings (SSSR count). The summed E-state index contributed by atoms with van der Waals surface area (Å²) < 4.78 is 19.6. The van der Waals surface area contributed by atoms with Gasteiger partial charge in [-0.05, 0) is 32.0 Å². The normalized spacial score (nSPS) is 16.3. The van der Waals surface area contributed by atoms with E-state index < -0.39 is 20.1 Å². The minimum absolute atomic E-state index is 0.102. The molecule has 0 aliphatic carbocycles. The first-order valence-corrected chi connectivity index (χ1v) is 8.31. The molecule has 0 aromatic carbocycles. The van der Waals surface area contributed by atoms with Crippen LogP contribution in [-0.2, 0) is 4.43 Å². The van der Waals surface area contributed by atoms with E-state index in [4.69, 9.17) is 4.43 Å². The SMILES string of the molecule is C=CC(F)C(C)(C)O[Si](C)(C)C(C)(C)C. The first-order chi connectivity index (χ1) is 6.44. The molecule has 0 aromatic rings. The van der Waals surface area contributed by atoms with Crippen molar-refractivity contribution in [1.29, 1.82) is 0 Å². The molecule has 0 spiro atoms. The predicted molar refractivity (Wildman–Crippen MR) is 67.5 cm³/mol. The Balaban J connectivity index is 4.79. The van der Waals surface area contributed by atoms with Crippen LogP contribution in [0.15, 0.2) is 12.7 Å². The number of halogens is 1. The third-order valence-corrected chi connectivity index (χ3v) is 7.84. The van der Waals surface area contributed by atoms with Gasteiger partial charge in [0.1, 0.15) is 6.17 Å². The lowest BCUT2D eigenvalue weighted by Gasteiger charge is -2.43. The Morgan fingerprint density at radius 3 is 1.87 bits per heavy atom. The van der Waals surface area contributed by atoms with Crippen LogP contribution in [0.5, 0.6) is 0 Å². The maximum Gasteiger partial charge on any atom is 0.192 e. The molecular weight excluding hydrogens is 207 g/mol. The summed E-state index contributed by atoms with van der Waals surface area (Å²) in [7, 11) is -1.91. The van der Waals surface area contributed by atoms with E-state index in [0.29, 0.717) is 0 Å². The quantitative estimate of drug-likeness (QED) is 0.518. The monoisotopic (exact) mass is 232 g/mol. The molecule has 0 radical (unpaired) electrons. The van der Waals surface area contributed by atoms with E-state index in [1.54, 1.807) is 13.8 Å². The van der Waals surface area contributed by atoms with Gasteiger partial charge in [0.05, 0.1) is 5.60 Å². The highest BCUT2D eigenvalue weighted by molar-refractivity contribution is 6.74. The van der Waals surface area contributed by atoms with Crippen molar-refractivity contribution in [2.24, 2.45) is 0 Å². The molecule has 0 aliphatic heterocycles. The Morgan fingerprint density at radius 2 is 1.60 bits per heavy atom. The molecule has 0 amide bonds. The molecule has 0 bridgehead atoms. The van der Waals surface area contributed by atoms with Crippen LogP contribution in [0, 0.1) is 0 Å². The lowest BCUT2D eigenvalue weighted by molar-refractivity contribution is 0.0302. The zero-order chi connectivity index (χ0) is 12.5. The Kier molecular flexibility index (Phi) is 4.33. The fourth-order valence-electron chi connectivity index (χ4n) is 1.15. The highest BCUT2D eigenvalue weighted by Gasteiger charge is 2.43. The Labute approximate surface area is 94.8 Å². The zero-order valence-electron chi connectivity index (χ0n) is 11.1. The third-order valence-electron chi connectivity index (χ3n) is 3.20. The second-order valence-corrected chi connectivity index (χ2v) is 10.8. The first kappa shape index (κ1) is 14.8. The summed E-state index contributed by atoms with van der Waals surface area (Å²) in [6.45, 7) is 17.8. The summed E-state index contributed by atoms with van der Waals surface area (Å²) in [5, 5.41) is 0.102. The molecule has 0 saturated carbocycles. The molecule has 0 heterocycles. The van der Waals surface area contributed by atoms with Gasteiger partial charge in [0, 0.05) is 0 Å². The summed E-state index contributed by atoms with van der Waals surface area (Å²) in [5.74, 6) is 0. The number of hydrogen-bond acceptors (Lipinski definition) is 1. The van der Waals surface area contributed by atoms with Gasteiger partial charge in [-0.25, -0.2) is 4.39 Å². The van der Waals surface area contributed by atoms with Crippen molar-refractivity contribution in [3.05, 3.63) is 12.7 Å². The lowest BCUT2D eigenvalue weighted by atomic mass is 10.0. The molecule has 1 unspecified atom stereocenters. The van der Waals surface area contributed by atoms with E-state index in [0.717, 1.165) is 0 Å². The molecule has 1 atom stereocenters. The van der Waals surface area contributed by atoms with E-state index in [9.17, 15) is 4.39 Å². The van der Waals surface area contributed by atoms with Gasteiger partial charge in [0.25, 0.3) is 0 Å². The van der Waals surface area contributed by atoms with Crippen molar-refractivity contribution in [1.82, 2.24) is 0 Å². The molecule has 0 saturated heterocycles. The summed E-state index contributed by atoms with van der Waals surface area (Å²) in [6, 6.07) is 0. The average Bonchev–Trinajstić information content (AvgIpc) is 1.98. The molecule has 0 aliphatic rings. The van der Waals surface area contributed by atoms with Gasteiger partial charge in [0.2, 0.25) is 0 Å². The first-order valence-electron chi connectivity index (χ1n) is 5.41. The van der Waals surface area contributed by atoms with Crippen molar-refractivity contribution < 1.29 is 8.82 Å². The zero-order valence-corrected chi connectivity index (χ0v) is 12.1. The number of hydrogen-bond donors (Lipinski definition) is 0. The van der Waals surface area contributed by atoms with Crippen LogP contribution in [0.4, 0.5) is 4.39 Å². The molecule has 3 heteroatoms. The molecular formula is C12H25FOSi. The number of rotatable bonds is 4. The van der Waals surface area contributed by atoms with E-state index in [-0.39, 0.29) is 5.04 Å². The number of alkyl halides is 1.